The maximum absolute atomic E-state index is 5.05. The first kappa shape index (κ1) is 21.4. The number of rotatable bonds is 0. The molecule has 5 heterocycles. The fourth-order valence-electron chi connectivity index (χ4n) is 4.70. The molecule has 2 aliphatic rings. The number of nitrogens with zero attached hydrogens (tertiary/aromatic N) is 2. The van der Waals surface area contributed by atoms with E-state index in [0.717, 1.165) is 50.4 Å². The average Bonchev–Trinajstić information content (AvgIpc) is 3.36. The van der Waals surface area contributed by atoms with Crippen molar-refractivity contribution >= 4 is 38.8 Å². The SMILES string of the molecule is C=C1c2cc3[nH]c(cc4nc(cc5[nH]c(cc(n2)C1(C)C)c(C)c5C)C(C)=C4C)c(C)c3C. The Labute approximate surface area is 195 Å². The first-order valence-electron chi connectivity index (χ1n) is 11.6. The fraction of sp³-hybridized carbons (Fsp3) is 0.310. The van der Waals surface area contributed by atoms with Gasteiger partial charge in [-0.3, -0.25) is 4.98 Å². The number of hydrogen-bond acceptors (Lipinski definition) is 2. The van der Waals surface area contributed by atoms with E-state index in [1.807, 2.05) is 0 Å². The summed E-state index contributed by atoms with van der Waals surface area (Å²) in [6.45, 7) is 21.8. The molecule has 0 radical (unpaired) electrons. The molecule has 8 bridgehead atoms. The van der Waals surface area contributed by atoms with Gasteiger partial charge in [0.2, 0.25) is 0 Å². The summed E-state index contributed by atoms with van der Waals surface area (Å²) in [5.41, 5.74) is 16.5. The smallest absolute Gasteiger partial charge is 0.0690 e. The molecule has 168 valence electrons. The van der Waals surface area contributed by atoms with E-state index in [1.54, 1.807) is 0 Å². The largest absolute Gasteiger partial charge is 0.355 e. The van der Waals surface area contributed by atoms with Crippen molar-refractivity contribution in [3.63, 3.8) is 0 Å². The van der Waals surface area contributed by atoms with Crippen LogP contribution in [0.5, 0.6) is 0 Å². The van der Waals surface area contributed by atoms with Gasteiger partial charge in [-0.1, -0.05) is 20.4 Å². The second-order valence-electron chi connectivity index (χ2n) is 10.1. The molecule has 2 aliphatic heterocycles. The Morgan fingerprint density at radius 3 is 1.45 bits per heavy atom. The van der Waals surface area contributed by atoms with Crippen LogP contribution in [0.15, 0.2) is 30.8 Å². The molecule has 0 saturated carbocycles. The second-order valence-corrected chi connectivity index (χ2v) is 10.1. The molecule has 0 unspecified atom stereocenters. The van der Waals surface area contributed by atoms with E-state index in [9.17, 15) is 0 Å². The highest BCUT2D eigenvalue weighted by atomic mass is 14.8. The zero-order valence-corrected chi connectivity index (χ0v) is 20.9. The number of hydrogen-bond donors (Lipinski definition) is 2. The van der Waals surface area contributed by atoms with E-state index in [-0.39, 0.29) is 5.41 Å². The average molecular weight is 437 g/mol. The highest BCUT2D eigenvalue weighted by molar-refractivity contribution is 5.92. The van der Waals surface area contributed by atoms with Gasteiger partial charge in [0.15, 0.2) is 0 Å². The lowest BCUT2D eigenvalue weighted by atomic mass is 9.83. The Morgan fingerprint density at radius 2 is 1.00 bits per heavy atom. The topological polar surface area (TPSA) is 57.4 Å². The van der Waals surface area contributed by atoms with Gasteiger partial charge in [-0.2, -0.15) is 0 Å². The molecule has 0 aliphatic carbocycles. The molecular formula is C29H32N4. The fourth-order valence-corrected chi connectivity index (χ4v) is 4.70. The molecule has 0 fully saturated rings. The quantitative estimate of drug-likeness (QED) is 0.383. The number of fused-ring (bicyclic) bond motifs is 8. The zero-order chi connectivity index (χ0) is 23.8. The molecular weight excluding hydrogens is 404 g/mol. The third-order valence-corrected chi connectivity index (χ3v) is 7.92. The summed E-state index contributed by atoms with van der Waals surface area (Å²) in [4.78, 5) is 17.3. The number of allylic oxidation sites excluding steroid dienone is 3. The minimum absolute atomic E-state index is 0.241. The lowest BCUT2D eigenvalue weighted by molar-refractivity contribution is 0.697. The van der Waals surface area contributed by atoms with Crippen LogP contribution >= 0.6 is 0 Å². The van der Waals surface area contributed by atoms with E-state index in [0.29, 0.717) is 0 Å². The lowest BCUT2D eigenvalue weighted by Gasteiger charge is -2.18. The molecule has 2 N–H and O–H groups in total. The van der Waals surface area contributed by atoms with E-state index in [1.165, 1.54) is 33.4 Å². The maximum atomic E-state index is 5.05. The monoisotopic (exact) mass is 436 g/mol. The van der Waals surface area contributed by atoms with E-state index < -0.39 is 0 Å². The Balaban J connectivity index is 2.00. The Morgan fingerprint density at radius 1 is 0.606 bits per heavy atom. The van der Waals surface area contributed by atoms with Gasteiger partial charge in [0, 0.05) is 27.5 Å². The summed E-state index contributed by atoms with van der Waals surface area (Å²) in [7, 11) is 0. The van der Waals surface area contributed by atoms with Crippen molar-refractivity contribution in [3.8, 4) is 0 Å². The standard InChI is InChI=1S/C29H32N4/c1-14-15(2)22-11-24-18(5)19(6)26(32-24)13-28-29(8,9)20(7)27(33-28)12-25-17(4)16(3)23(31-25)10-21(14)30-22/h10-13,31-32H,7H2,1-6,8-9H3. The zero-order valence-electron chi connectivity index (χ0n) is 20.9. The summed E-state index contributed by atoms with van der Waals surface area (Å²) in [6, 6.07) is 8.68. The highest BCUT2D eigenvalue weighted by Crippen LogP contribution is 2.40. The van der Waals surface area contributed by atoms with Crippen molar-refractivity contribution in [2.45, 2.75) is 60.8 Å². The van der Waals surface area contributed by atoms with Crippen molar-refractivity contribution in [2.75, 3.05) is 0 Å². The van der Waals surface area contributed by atoms with Gasteiger partial charge in [0.05, 0.1) is 22.8 Å². The molecule has 0 atom stereocenters. The summed E-state index contributed by atoms with van der Waals surface area (Å²) in [5, 5.41) is 0. The summed E-state index contributed by atoms with van der Waals surface area (Å²) in [6.07, 6.45) is 0. The molecule has 33 heavy (non-hydrogen) atoms. The minimum atomic E-state index is -0.241. The van der Waals surface area contributed by atoms with Crippen molar-refractivity contribution in [1.82, 2.24) is 19.9 Å². The van der Waals surface area contributed by atoms with Gasteiger partial charge in [-0.25, -0.2) is 4.98 Å². The Bertz CT molecular complexity index is 1550. The predicted octanol–water partition coefficient (Wildman–Crippen LogP) is 7.49. The molecule has 0 aromatic carbocycles. The number of nitrogens with one attached hydrogen (secondary N) is 2. The van der Waals surface area contributed by atoms with Crippen molar-refractivity contribution in [1.29, 1.82) is 0 Å². The molecule has 0 saturated heterocycles. The highest BCUT2D eigenvalue weighted by Gasteiger charge is 2.32. The second kappa shape index (κ2) is 7.05. The van der Waals surface area contributed by atoms with Crippen LogP contribution in [0.2, 0.25) is 0 Å². The molecule has 5 rings (SSSR count). The minimum Gasteiger partial charge on any atom is -0.355 e. The van der Waals surface area contributed by atoms with Crippen LogP contribution in [0.3, 0.4) is 0 Å². The van der Waals surface area contributed by atoms with Crippen molar-refractivity contribution < 1.29 is 0 Å². The number of aryl methyl sites for hydroxylation is 4. The maximum Gasteiger partial charge on any atom is 0.0690 e. The van der Waals surface area contributed by atoms with Crippen LogP contribution in [-0.4, -0.2) is 19.9 Å². The van der Waals surface area contributed by atoms with E-state index >= 15 is 0 Å². The molecule has 0 spiro atoms. The molecule has 4 heteroatoms. The van der Waals surface area contributed by atoms with Gasteiger partial charge >= 0.3 is 0 Å². The third kappa shape index (κ3) is 3.12. The van der Waals surface area contributed by atoms with Crippen LogP contribution in [0.4, 0.5) is 0 Å². The third-order valence-electron chi connectivity index (χ3n) is 7.92. The van der Waals surface area contributed by atoms with Crippen LogP contribution in [-0.2, 0) is 5.41 Å². The number of aromatic nitrogens is 4. The van der Waals surface area contributed by atoms with Crippen molar-refractivity contribution in [2.24, 2.45) is 0 Å². The van der Waals surface area contributed by atoms with Gasteiger partial charge in [-0.15, -0.1) is 0 Å². The van der Waals surface area contributed by atoms with Crippen LogP contribution in [0, 0.1) is 27.7 Å². The predicted molar refractivity (Wildman–Crippen MR) is 140 cm³/mol. The van der Waals surface area contributed by atoms with Gasteiger partial charge in [-0.05, 0) is 105 Å². The number of aromatic amines is 2. The summed E-state index contributed by atoms with van der Waals surface area (Å²) >= 11 is 0. The van der Waals surface area contributed by atoms with Gasteiger partial charge in [0.1, 0.15) is 0 Å². The lowest BCUT2D eigenvalue weighted by Crippen LogP contribution is -2.13. The molecule has 3 aromatic rings. The van der Waals surface area contributed by atoms with Crippen LogP contribution < -0.4 is 0 Å². The summed E-state index contributed by atoms with van der Waals surface area (Å²) in [5.74, 6) is 0. The Kier molecular flexibility index (Phi) is 4.58. The van der Waals surface area contributed by atoms with E-state index in [4.69, 9.17) is 9.97 Å². The van der Waals surface area contributed by atoms with Crippen LogP contribution in [0.1, 0.15) is 72.7 Å². The van der Waals surface area contributed by atoms with Crippen LogP contribution in [0.25, 0.3) is 38.8 Å². The van der Waals surface area contributed by atoms with E-state index in [2.05, 4.69) is 96.2 Å². The molecule has 0 amide bonds. The van der Waals surface area contributed by atoms with Gasteiger partial charge < -0.3 is 9.97 Å². The normalized spacial score (nSPS) is 15.5. The Hall–Kier alpha value is -3.40. The van der Waals surface area contributed by atoms with Gasteiger partial charge in [0.25, 0.3) is 0 Å². The molecule has 3 aromatic heterocycles. The first-order chi connectivity index (χ1) is 15.5. The molecule has 4 nitrogen and oxygen atoms in total. The number of H-pyrrole nitrogens is 2. The van der Waals surface area contributed by atoms with Crippen molar-refractivity contribution in [3.05, 3.63) is 75.9 Å². The first-order valence-corrected chi connectivity index (χ1v) is 11.6. The summed E-state index contributed by atoms with van der Waals surface area (Å²) < 4.78 is 0.